The Kier molecular flexibility index (Phi) is 3.27. The van der Waals surface area contributed by atoms with E-state index in [1.807, 2.05) is 19.1 Å². The lowest BCUT2D eigenvalue weighted by atomic mass is 10.2. The van der Waals surface area contributed by atoms with Crippen LogP contribution in [-0.2, 0) is 6.61 Å². The first-order valence-electron chi connectivity index (χ1n) is 6.39. The normalized spacial score (nSPS) is 10.7. The molecule has 106 valence electrons. The van der Waals surface area contributed by atoms with Gasteiger partial charge in [-0.3, -0.25) is 9.38 Å². The van der Waals surface area contributed by atoms with Crippen LogP contribution in [0.15, 0.2) is 42.9 Å². The van der Waals surface area contributed by atoms with Gasteiger partial charge in [0.15, 0.2) is 11.5 Å². The number of aromatic carboxylic acids is 1. The third-order valence-corrected chi connectivity index (χ3v) is 3.14. The minimum atomic E-state index is -1.05. The smallest absolute Gasteiger partial charge is 0.356 e. The topological polar surface area (TPSA) is 76.7 Å². The van der Waals surface area contributed by atoms with Crippen LogP contribution >= 0.6 is 0 Å². The summed E-state index contributed by atoms with van der Waals surface area (Å²) in [5.74, 6) is 0.100. The second-order valence-corrected chi connectivity index (χ2v) is 4.57. The number of hydrogen-bond acceptors (Lipinski definition) is 4. The van der Waals surface area contributed by atoms with Crippen LogP contribution in [0.5, 0.6) is 5.75 Å². The average Bonchev–Trinajstić information content (AvgIpc) is 2.87. The van der Waals surface area contributed by atoms with E-state index in [4.69, 9.17) is 4.74 Å². The van der Waals surface area contributed by atoms with Crippen LogP contribution in [0.2, 0.25) is 0 Å². The Morgan fingerprint density at radius 2 is 2.24 bits per heavy atom. The van der Waals surface area contributed by atoms with Crippen molar-refractivity contribution in [1.29, 1.82) is 0 Å². The highest BCUT2D eigenvalue weighted by molar-refractivity contribution is 5.94. The summed E-state index contributed by atoms with van der Waals surface area (Å²) in [7, 11) is 0. The van der Waals surface area contributed by atoms with Crippen molar-refractivity contribution in [1.82, 2.24) is 14.4 Å². The van der Waals surface area contributed by atoms with E-state index < -0.39 is 5.97 Å². The molecule has 0 bridgehead atoms. The largest absolute Gasteiger partial charge is 0.484 e. The van der Waals surface area contributed by atoms with E-state index in [1.165, 1.54) is 0 Å². The summed E-state index contributed by atoms with van der Waals surface area (Å²) in [6.45, 7) is 2.03. The molecular formula is C15H13N3O3. The predicted molar refractivity (Wildman–Crippen MR) is 75.5 cm³/mol. The molecular weight excluding hydrogens is 270 g/mol. The molecule has 0 radical (unpaired) electrons. The maximum absolute atomic E-state index is 11.3. The molecule has 3 aromatic heterocycles. The summed E-state index contributed by atoms with van der Waals surface area (Å²) < 4.78 is 7.34. The third kappa shape index (κ3) is 2.43. The van der Waals surface area contributed by atoms with Crippen LogP contribution in [0, 0.1) is 6.92 Å². The zero-order chi connectivity index (χ0) is 14.8. The van der Waals surface area contributed by atoms with E-state index in [9.17, 15) is 9.90 Å². The molecule has 0 aliphatic carbocycles. The summed E-state index contributed by atoms with van der Waals surface area (Å²) in [5.41, 5.74) is 1.49. The van der Waals surface area contributed by atoms with Crippen LogP contribution in [0.1, 0.15) is 21.9 Å². The molecule has 6 heteroatoms. The molecule has 0 unspecified atom stereocenters. The van der Waals surface area contributed by atoms with Gasteiger partial charge in [-0.15, -0.1) is 0 Å². The SMILES string of the molecule is Cc1cccn2c(COc3cccnc3)nc(C(=O)O)c12. The van der Waals surface area contributed by atoms with Crippen LogP contribution in [-0.4, -0.2) is 25.4 Å². The Labute approximate surface area is 120 Å². The van der Waals surface area contributed by atoms with Gasteiger partial charge < -0.3 is 9.84 Å². The number of imidazole rings is 1. The van der Waals surface area contributed by atoms with E-state index >= 15 is 0 Å². The van der Waals surface area contributed by atoms with Crippen molar-refractivity contribution in [2.75, 3.05) is 0 Å². The second kappa shape index (κ2) is 5.24. The van der Waals surface area contributed by atoms with Crippen LogP contribution in [0.25, 0.3) is 5.52 Å². The van der Waals surface area contributed by atoms with Gasteiger partial charge in [0.1, 0.15) is 12.4 Å². The fourth-order valence-electron chi connectivity index (χ4n) is 2.20. The Morgan fingerprint density at radius 3 is 2.95 bits per heavy atom. The average molecular weight is 283 g/mol. The van der Waals surface area contributed by atoms with Gasteiger partial charge in [0, 0.05) is 12.4 Å². The highest BCUT2D eigenvalue weighted by Gasteiger charge is 2.18. The summed E-state index contributed by atoms with van der Waals surface area (Å²) in [6.07, 6.45) is 5.03. The van der Waals surface area contributed by atoms with E-state index in [2.05, 4.69) is 9.97 Å². The number of carbonyl (C=O) groups is 1. The molecule has 0 aliphatic rings. The molecule has 0 aromatic carbocycles. The summed E-state index contributed by atoms with van der Waals surface area (Å²) in [4.78, 5) is 19.5. The van der Waals surface area contributed by atoms with Crippen molar-refractivity contribution in [2.45, 2.75) is 13.5 Å². The lowest BCUT2D eigenvalue weighted by molar-refractivity contribution is 0.0693. The number of nitrogens with zero attached hydrogens (tertiary/aromatic N) is 3. The molecule has 0 spiro atoms. The monoisotopic (exact) mass is 283 g/mol. The molecule has 21 heavy (non-hydrogen) atoms. The molecule has 6 nitrogen and oxygen atoms in total. The standard InChI is InChI=1S/C15H13N3O3/c1-10-4-3-7-18-12(17-13(14(10)18)15(19)20)9-21-11-5-2-6-16-8-11/h2-8H,9H2,1H3,(H,19,20). The van der Waals surface area contributed by atoms with E-state index in [0.29, 0.717) is 17.1 Å². The van der Waals surface area contributed by atoms with Crippen LogP contribution in [0.4, 0.5) is 0 Å². The molecule has 0 atom stereocenters. The fourth-order valence-corrected chi connectivity index (χ4v) is 2.20. The number of hydrogen-bond donors (Lipinski definition) is 1. The second-order valence-electron chi connectivity index (χ2n) is 4.57. The molecule has 0 aliphatic heterocycles. The Bertz CT molecular complexity index is 797. The maximum Gasteiger partial charge on any atom is 0.356 e. The maximum atomic E-state index is 11.3. The van der Waals surface area contributed by atoms with Crippen LogP contribution < -0.4 is 4.74 Å². The zero-order valence-corrected chi connectivity index (χ0v) is 11.4. The lowest BCUT2D eigenvalue weighted by Crippen LogP contribution is -2.01. The Morgan fingerprint density at radius 1 is 1.38 bits per heavy atom. The minimum Gasteiger partial charge on any atom is -0.484 e. The van der Waals surface area contributed by atoms with Crippen molar-refractivity contribution < 1.29 is 14.6 Å². The molecule has 0 saturated heterocycles. The van der Waals surface area contributed by atoms with Gasteiger partial charge in [-0.25, -0.2) is 9.78 Å². The van der Waals surface area contributed by atoms with Crippen molar-refractivity contribution >= 4 is 11.5 Å². The number of ether oxygens (including phenoxy) is 1. The molecule has 3 rings (SSSR count). The number of fused-ring (bicyclic) bond motifs is 1. The fraction of sp³-hybridized carbons (Fsp3) is 0.133. The summed E-state index contributed by atoms with van der Waals surface area (Å²) in [5, 5.41) is 9.28. The molecule has 1 N–H and O–H groups in total. The van der Waals surface area contributed by atoms with Crippen molar-refractivity contribution in [2.24, 2.45) is 0 Å². The highest BCUT2D eigenvalue weighted by Crippen LogP contribution is 2.19. The van der Waals surface area contributed by atoms with Crippen molar-refractivity contribution in [3.63, 3.8) is 0 Å². The minimum absolute atomic E-state index is 0.0397. The first-order valence-corrected chi connectivity index (χ1v) is 6.39. The predicted octanol–water partition coefficient (Wildman–Crippen LogP) is 2.31. The van der Waals surface area contributed by atoms with E-state index in [-0.39, 0.29) is 12.3 Å². The number of pyridine rings is 2. The van der Waals surface area contributed by atoms with Crippen molar-refractivity contribution in [3.8, 4) is 5.75 Å². The van der Waals surface area contributed by atoms with Gasteiger partial charge in [0.2, 0.25) is 0 Å². The van der Waals surface area contributed by atoms with Gasteiger partial charge in [0.25, 0.3) is 0 Å². The summed E-state index contributed by atoms with van der Waals surface area (Å²) >= 11 is 0. The first-order chi connectivity index (χ1) is 10.2. The third-order valence-electron chi connectivity index (χ3n) is 3.14. The molecule has 3 aromatic rings. The highest BCUT2D eigenvalue weighted by atomic mass is 16.5. The van der Waals surface area contributed by atoms with Crippen molar-refractivity contribution in [3.05, 3.63) is 59.9 Å². The number of aryl methyl sites for hydroxylation is 1. The molecule has 0 amide bonds. The van der Waals surface area contributed by atoms with Gasteiger partial charge in [-0.1, -0.05) is 6.07 Å². The number of aromatic nitrogens is 3. The zero-order valence-electron chi connectivity index (χ0n) is 11.4. The summed E-state index contributed by atoms with van der Waals surface area (Å²) in [6, 6.07) is 7.26. The Hall–Kier alpha value is -2.89. The van der Waals surface area contributed by atoms with E-state index in [1.54, 1.807) is 35.1 Å². The first kappa shape index (κ1) is 13.1. The molecule has 0 fully saturated rings. The van der Waals surface area contributed by atoms with Crippen LogP contribution in [0.3, 0.4) is 0 Å². The van der Waals surface area contributed by atoms with Gasteiger partial charge in [0.05, 0.1) is 11.7 Å². The van der Waals surface area contributed by atoms with Gasteiger partial charge >= 0.3 is 5.97 Å². The molecule has 3 heterocycles. The number of carboxylic acid groups (broad SMARTS) is 1. The number of carboxylic acids is 1. The van der Waals surface area contributed by atoms with Gasteiger partial charge in [-0.2, -0.15) is 0 Å². The number of rotatable bonds is 4. The molecule has 0 saturated carbocycles. The Balaban J connectivity index is 1.99. The quantitative estimate of drug-likeness (QED) is 0.795. The van der Waals surface area contributed by atoms with Gasteiger partial charge in [-0.05, 0) is 30.7 Å². The lowest BCUT2D eigenvalue weighted by Gasteiger charge is -2.05. The van der Waals surface area contributed by atoms with E-state index in [0.717, 1.165) is 5.56 Å².